The zero-order valence-corrected chi connectivity index (χ0v) is 11.1. The molecule has 0 saturated heterocycles. The third kappa shape index (κ3) is 3.96. The zero-order valence-electron chi connectivity index (χ0n) is 11.1. The molecule has 1 unspecified atom stereocenters. The van der Waals surface area contributed by atoms with Crippen molar-refractivity contribution < 1.29 is 9.53 Å². The minimum Gasteiger partial charge on any atom is -0.380 e. The maximum atomic E-state index is 12.3. The first-order valence-electron chi connectivity index (χ1n) is 6.73. The van der Waals surface area contributed by atoms with E-state index < -0.39 is 0 Å². The van der Waals surface area contributed by atoms with Crippen LogP contribution in [0.15, 0.2) is 0 Å². The lowest BCUT2D eigenvalue weighted by molar-refractivity contribution is -0.133. The molecule has 1 aliphatic rings. The van der Waals surface area contributed by atoms with Crippen molar-refractivity contribution in [2.45, 2.75) is 52.0 Å². The highest BCUT2D eigenvalue weighted by atomic mass is 16.5. The molecule has 0 aromatic carbocycles. The summed E-state index contributed by atoms with van der Waals surface area (Å²) < 4.78 is 5.30. The molecule has 1 atom stereocenters. The van der Waals surface area contributed by atoms with Crippen molar-refractivity contribution in [2.24, 2.45) is 11.1 Å². The van der Waals surface area contributed by atoms with Crippen molar-refractivity contribution in [3.63, 3.8) is 0 Å². The molecule has 0 aliphatic heterocycles. The molecule has 1 fully saturated rings. The molecule has 0 bridgehead atoms. The van der Waals surface area contributed by atoms with E-state index in [0.29, 0.717) is 19.8 Å². The average molecular weight is 242 g/mol. The molecular weight excluding hydrogens is 216 g/mol. The summed E-state index contributed by atoms with van der Waals surface area (Å²) in [6.07, 6.45) is 5.31. The number of amides is 1. The first-order valence-corrected chi connectivity index (χ1v) is 6.73. The molecule has 0 radical (unpaired) electrons. The van der Waals surface area contributed by atoms with Gasteiger partial charge in [0, 0.05) is 19.2 Å². The van der Waals surface area contributed by atoms with Crippen LogP contribution < -0.4 is 11.1 Å². The molecule has 1 aliphatic carbocycles. The van der Waals surface area contributed by atoms with Gasteiger partial charge in [0.25, 0.3) is 0 Å². The van der Waals surface area contributed by atoms with Crippen LogP contribution >= 0.6 is 0 Å². The summed E-state index contributed by atoms with van der Waals surface area (Å²) >= 11 is 0. The Morgan fingerprint density at radius 2 is 2.06 bits per heavy atom. The van der Waals surface area contributed by atoms with Crippen molar-refractivity contribution in [1.29, 1.82) is 0 Å². The van der Waals surface area contributed by atoms with Gasteiger partial charge < -0.3 is 15.8 Å². The van der Waals surface area contributed by atoms with E-state index in [4.69, 9.17) is 10.5 Å². The van der Waals surface area contributed by atoms with Gasteiger partial charge >= 0.3 is 0 Å². The van der Waals surface area contributed by atoms with Gasteiger partial charge in [0.15, 0.2) is 0 Å². The fourth-order valence-electron chi connectivity index (χ4n) is 2.47. The second-order valence-electron chi connectivity index (χ2n) is 5.08. The van der Waals surface area contributed by atoms with Gasteiger partial charge in [-0.05, 0) is 26.7 Å². The van der Waals surface area contributed by atoms with E-state index in [2.05, 4.69) is 5.32 Å². The molecular formula is C13H26N2O2. The molecule has 1 saturated carbocycles. The third-order valence-corrected chi connectivity index (χ3v) is 3.63. The molecule has 1 amide bonds. The largest absolute Gasteiger partial charge is 0.380 e. The van der Waals surface area contributed by atoms with Crippen LogP contribution in [0.2, 0.25) is 0 Å². The molecule has 3 N–H and O–H groups in total. The topological polar surface area (TPSA) is 64.3 Å². The molecule has 0 aromatic rings. The van der Waals surface area contributed by atoms with Gasteiger partial charge in [-0.2, -0.15) is 0 Å². The molecule has 1 rings (SSSR count). The van der Waals surface area contributed by atoms with Crippen LogP contribution in [0.3, 0.4) is 0 Å². The van der Waals surface area contributed by atoms with Gasteiger partial charge in [0.05, 0.1) is 12.0 Å². The highest BCUT2D eigenvalue weighted by molar-refractivity contribution is 5.83. The van der Waals surface area contributed by atoms with Gasteiger partial charge in [-0.25, -0.2) is 0 Å². The summed E-state index contributed by atoms with van der Waals surface area (Å²) in [6.45, 7) is 5.64. The lowest BCUT2D eigenvalue weighted by atomic mass is 9.73. The van der Waals surface area contributed by atoms with Crippen molar-refractivity contribution in [3.8, 4) is 0 Å². The van der Waals surface area contributed by atoms with Crippen LogP contribution in [0.1, 0.15) is 46.0 Å². The zero-order chi connectivity index (χ0) is 12.7. The Hall–Kier alpha value is -0.610. The van der Waals surface area contributed by atoms with Crippen LogP contribution in [-0.2, 0) is 9.53 Å². The van der Waals surface area contributed by atoms with E-state index in [1.807, 2.05) is 13.8 Å². The van der Waals surface area contributed by atoms with Crippen molar-refractivity contribution in [2.75, 3.05) is 19.8 Å². The van der Waals surface area contributed by atoms with Gasteiger partial charge in [-0.3, -0.25) is 4.79 Å². The fourth-order valence-corrected chi connectivity index (χ4v) is 2.47. The lowest BCUT2D eigenvalue weighted by Crippen LogP contribution is -2.50. The standard InChI is InChI=1S/C13H26N2O2/c1-3-17-9-11(2)15-12(16)13(10-14)7-5-4-6-8-13/h11H,3-10,14H2,1-2H3,(H,15,16). The van der Waals surface area contributed by atoms with E-state index in [-0.39, 0.29) is 17.4 Å². The highest BCUT2D eigenvalue weighted by Crippen LogP contribution is 2.35. The molecule has 17 heavy (non-hydrogen) atoms. The number of ether oxygens (including phenoxy) is 1. The predicted molar refractivity (Wildman–Crippen MR) is 68.7 cm³/mol. The predicted octanol–water partition coefficient (Wildman–Crippen LogP) is 1.44. The molecule has 0 spiro atoms. The molecule has 4 heteroatoms. The SMILES string of the molecule is CCOCC(C)NC(=O)C1(CN)CCCCC1. The number of carbonyl (C=O) groups is 1. The Bertz CT molecular complexity index is 238. The number of hydrogen-bond acceptors (Lipinski definition) is 3. The summed E-state index contributed by atoms with van der Waals surface area (Å²) in [5.41, 5.74) is 5.50. The average Bonchev–Trinajstić information content (AvgIpc) is 2.37. The number of rotatable bonds is 6. The third-order valence-electron chi connectivity index (χ3n) is 3.63. The Kier molecular flexibility index (Phi) is 5.92. The number of nitrogens with one attached hydrogen (secondary N) is 1. The normalized spacial score (nSPS) is 20.9. The maximum Gasteiger partial charge on any atom is 0.227 e. The Labute approximate surface area is 104 Å². The van der Waals surface area contributed by atoms with E-state index in [1.165, 1.54) is 6.42 Å². The van der Waals surface area contributed by atoms with Gasteiger partial charge in [-0.1, -0.05) is 19.3 Å². The van der Waals surface area contributed by atoms with Crippen molar-refractivity contribution in [1.82, 2.24) is 5.32 Å². The Balaban J connectivity index is 2.48. The smallest absolute Gasteiger partial charge is 0.227 e. The van der Waals surface area contributed by atoms with Gasteiger partial charge in [0.1, 0.15) is 0 Å². The summed E-state index contributed by atoms with van der Waals surface area (Å²) in [7, 11) is 0. The van der Waals surface area contributed by atoms with Crippen LogP contribution in [-0.4, -0.2) is 31.7 Å². The monoisotopic (exact) mass is 242 g/mol. The quantitative estimate of drug-likeness (QED) is 0.740. The first-order chi connectivity index (χ1) is 8.14. The molecule has 0 heterocycles. The highest BCUT2D eigenvalue weighted by Gasteiger charge is 2.38. The number of carbonyl (C=O) groups excluding carboxylic acids is 1. The summed E-state index contributed by atoms with van der Waals surface area (Å²) in [5.74, 6) is 0.118. The maximum absolute atomic E-state index is 12.3. The molecule has 4 nitrogen and oxygen atoms in total. The molecule has 100 valence electrons. The van der Waals surface area contributed by atoms with E-state index in [1.54, 1.807) is 0 Å². The lowest BCUT2D eigenvalue weighted by Gasteiger charge is -2.35. The van der Waals surface area contributed by atoms with E-state index in [0.717, 1.165) is 25.7 Å². The van der Waals surface area contributed by atoms with Crippen LogP contribution in [0.25, 0.3) is 0 Å². The summed E-state index contributed by atoms with van der Waals surface area (Å²) in [4.78, 5) is 12.3. The van der Waals surface area contributed by atoms with Gasteiger partial charge in [-0.15, -0.1) is 0 Å². The second-order valence-corrected chi connectivity index (χ2v) is 5.08. The molecule has 0 aromatic heterocycles. The van der Waals surface area contributed by atoms with E-state index >= 15 is 0 Å². The fraction of sp³-hybridized carbons (Fsp3) is 0.923. The van der Waals surface area contributed by atoms with Crippen LogP contribution in [0.5, 0.6) is 0 Å². The number of hydrogen-bond donors (Lipinski definition) is 2. The minimum absolute atomic E-state index is 0.0628. The van der Waals surface area contributed by atoms with E-state index in [9.17, 15) is 4.79 Å². The minimum atomic E-state index is -0.321. The summed E-state index contributed by atoms with van der Waals surface area (Å²) in [5, 5.41) is 3.03. The van der Waals surface area contributed by atoms with Crippen LogP contribution in [0, 0.1) is 5.41 Å². The van der Waals surface area contributed by atoms with Crippen LogP contribution in [0.4, 0.5) is 0 Å². The van der Waals surface area contributed by atoms with Crippen molar-refractivity contribution >= 4 is 5.91 Å². The number of nitrogens with two attached hydrogens (primary N) is 1. The van der Waals surface area contributed by atoms with Gasteiger partial charge in [0.2, 0.25) is 5.91 Å². The van der Waals surface area contributed by atoms with Crippen molar-refractivity contribution in [3.05, 3.63) is 0 Å². The Morgan fingerprint density at radius 3 is 2.59 bits per heavy atom. The second kappa shape index (κ2) is 6.97. The first kappa shape index (κ1) is 14.5. The summed E-state index contributed by atoms with van der Waals surface area (Å²) in [6, 6.07) is 0.0628. The Morgan fingerprint density at radius 1 is 1.41 bits per heavy atom.